The average Bonchev–Trinajstić information content (AvgIpc) is 2.99. The van der Waals surface area contributed by atoms with Gasteiger partial charge in [-0.05, 0) is 23.5 Å². The second-order valence-corrected chi connectivity index (χ2v) is 14.9. The number of rotatable bonds is 15. The molecule has 0 bridgehead atoms. The summed E-state index contributed by atoms with van der Waals surface area (Å²) in [6.45, 7) is 26.2. The first-order valence-electron chi connectivity index (χ1n) is 17.7. The van der Waals surface area contributed by atoms with Crippen molar-refractivity contribution in [3.05, 3.63) is 35.4 Å². The average molecular weight is 641 g/mol. The van der Waals surface area contributed by atoms with Crippen LogP contribution in [0.25, 0.3) is 0 Å². The van der Waals surface area contributed by atoms with Crippen molar-refractivity contribution < 1.29 is 19.2 Å². The molecular formula is C38H64N4O4. The molecule has 0 aliphatic carbocycles. The van der Waals surface area contributed by atoms with Gasteiger partial charge in [0.15, 0.2) is 5.78 Å². The van der Waals surface area contributed by atoms with Gasteiger partial charge in [-0.25, -0.2) is 0 Å². The molecule has 46 heavy (non-hydrogen) atoms. The first-order valence-corrected chi connectivity index (χ1v) is 17.7. The van der Waals surface area contributed by atoms with Crippen LogP contribution in [0, 0.1) is 23.7 Å². The standard InChI is InChI=1S/C38H64N4O4/c1-27(2)33-13-11-32(12-14-33)23-34(38(46)31(9)10)42-21-19-40(25-36(44)29(5)6)17-15-39(24-35(43)28(3)4)16-18-41(20-22-42)26-37(45)30(7)8/h11-14,27-31,34H,15-26H2,1-10H3. The van der Waals surface area contributed by atoms with E-state index < -0.39 is 0 Å². The Hall–Kier alpha value is -2.26. The maximum absolute atomic E-state index is 13.9. The lowest BCUT2D eigenvalue weighted by Gasteiger charge is -2.37. The van der Waals surface area contributed by atoms with Gasteiger partial charge in [0.2, 0.25) is 0 Å². The molecule has 0 N–H and O–H groups in total. The van der Waals surface area contributed by atoms with E-state index in [4.69, 9.17) is 0 Å². The van der Waals surface area contributed by atoms with Crippen molar-refractivity contribution >= 4 is 23.1 Å². The summed E-state index contributed by atoms with van der Waals surface area (Å²) >= 11 is 0. The van der Waals surface area contributed by atoms with Gasteiger partial charge in [-0.15, -0.1) is 0 Å². The molecule has 2 rings (SSSR count). The van der Waals surface area contributed by atoms with Gasteiger partial charge in [-0.2, -0.15) is 0 Å². The molecule has 1 aliphatic heterocycles. The highest BCUT2D eigenvalue weighted by molar-refractivity contribution is 5.86. The normalized spacial score (nSPS) is 17.9. The Balaban J connectivity index is 2.46. The molecule has 0 saturated carbocycles. The van der Waals surface area contributed by atoms with Crippen LogP contribution in [0.2, 0.25) is 0 Å². The number of benzene rings is 1. The Morgan fingerprint density at radius 1 is 0.522 bits per heavy atom. The molecular weight excluding hydrogens is 576 g/mol. The number of ketones is 4. The molecule has 1 atom stereocenters. The third-order valence-electron chi connectivity index (χ3n) is 9.36. The first-order chi connectivity index (χ1) is 21.6. The number of Topliss-reactive ketones (excluding diaryl/α,β-unsaturated/α-hetero) is 4. The van der Waals surface area contributed by atoms with Crippen LogP contribution in [0.3, 0.4) is 0 Å². The molecule has 8 heteroatoms. The molecule has 0 radical (unpaired) electrons. The number of carbonyl (C=O) groups is 4. The van der Waals surface area contributed by atoms with Crippen LogP contribution in [0.5, 0.6) is 0 Å². The second-order valence-electron chi connectivity index (χ2n) is 14.9. The van der Waals surface area contributed by atoms with Crippen LogP contribution >= 0.6 is 0 Å². The SMILES string of the molecule is CC(C)C(=O)CN1CCN(CC(=O)C(C)C)CCN(C(Cc2ccc(C(C)C)cc2)C(=O)C(C)C)CCN(CC(=O)C(C)C)CC1. The van der Waals surface area contributed by atoms with E-state index in [2.05, 4.69) is 57.7 Å². The Bertz CT molecular complexity index is 1070. The van der Waals surface area contributed by atoms with Gasteiger partial charge in [-0.3, -0.25) is 38.8 Å². The molecule has 1 unspecified atom stereocenters. The van der Waals surface area contributed by atoms with E-state index in [9.17, 15) is 19.2 Å². The summed E-state index contributed by atoms with van der Waals surface area (Å²) in [7, 11) is 0. The lowest BCUT2D eigenvalue weighted by molar-refractivity contribution is -0.128. The number of nitrogens with zero attached hydrogens (tertiary/aromatic N) is 4. The molecule has 8 nitrogen and oxygen atoms in total. The van der Waals surface area contributed by atoms with Crippen LogP contribution in [0.4, 0.5) is 0 Å². The lowest BCUT2D eigenvalue weighted by atomic mass is 9.93. The molecule has 1 heterocycles. The predicted octanol–water partition coefficient (Wildman–Crippen LogP) is 4.84. The van der Waals surface area contributed by atoms with Crippen molar-refractivity contribution in [2.75, 3.05) is 72.0 Å². The van der Waals surface area contributed by atoms with Crippen molar-refractivity contribution in [1.29, 1.82) is 0 Å². The summed E-state index contributed by atoms with van der Waals surface area (Å²) in [5.41, 5.74) is 2.42. The highest BCUT2D eigenvalue weighted by atomic mass is 16.1. The molecule has 0 aromatic heterocycles. The molecule has 1 fully saturated rings. The Morgan fingerprint density at radius 2 is 0.870 bits per heavy atom. The van der Waals surface area contributed by atoms with E-state index in [1.54, 1.807) is 0 Å². The first kappa shape index (κ1) is 39.9. The van der Waals surface area contributed by atoms with Gasteiger partial charge in [0.25, 0.3) is 0 Å². The van der Waals surface area contributed by atoms with E-state index in [0.717, 1.165) is 5.56 Å². The lowest BCUT2D eigenvalue weighted by Crippen LogP contribution is -2.53. The van der Waals surface area contributed by atoms with Crippen LogP contribution in [0.15, 0.2) is 24.3 Å². The molecule has 1 aromatic carbocycles. The van der Waals surface area contributed by atoms with Crippen molar-refractivity contribution in [1.82, 2.24) is 19.6 Å². The summed E-state index contributed by atoms with van der Waals surface area (Å²) in [4.78, 5) is 61.5. The molecule has 0 amide bonds. The van der Waals surface area contributed by atoms with Crippen molar-refractivity contribution in [3.8, 4) is 0 Å². The van der Waals surface area contributed by atoms with Gasteiger partial charge < -0.3 is 0 Å². The zero-order valence-corrected chi connectivity index (χ0v) is 30.7. The zero-order valence-electron chi connectivity index (χ0n) is 30.7. The summed E-state index contributed by atoms with van der Waals surface area (Å²) in [6, 6.07) is 8.34. The minimum absolute atomic E-state index is 0.0517. The van der Waals surface area contributed by atoms with E-state index in [1.165, 1.54) is 5.56 Å². The maximum Gasteiger partial charge on any atom is 0.152 e. The van der Waals surface area contributed by atoms with Gasteiger partial charge >= 0.3 is 0 Å². The Morgan fingerprint density at radius 3 is 1.17 bits per heavy atom. The Labute approximate surface area is 280 Å². The topological polar surface area (TPSA) is 81.2 Å². The summed E-state index contributed by atoms with van der Waals surface area (Å²) in [5.74, 6) is 0.950. The largest absolute Gasteiger partial charge is 0.298 e. The fraction of sp³-hybridized carbons (Fsp3) is 0.737. The molecule has 1 saturated heterocycles. The van der Waals surface area contributed by atoms with Crippen LogP contribution < -0.4 is 0 Å². The third-order valence-corrected chi connectivity index (χ3v) is 9.36. The monoisotopic (exact) mass is 640 g/mol. The number of hydrogen-bond donors (Lipinski definition) is 0. The third kappa shape index (κ3) is 13.5. The van der Waals surface area contributed by atoms with Crippen LogP contribution in [-0.4, -0.2) is 121 Å². The minimum atomic E-state index is -0.307. The van der Waals surface area contributed by atoms with Gasteiger partial charge in [0.05, 0.1) is 25.7 Å². The fourth-order valence-corrected chi connectivity index (χ4v) is 5.60. The number of hydrogen-bond acceptors (Lipinski definition) is 8. The summed E-state index contributed by atoms with van der Waals surface area (Å²) < 4.78 is 0. The highest BCUT2D eigenvalue weighted by Crippen LogP contribution is 2.19. The van der Waals surface area contributed by atoms with Crippen LogP contribution in [-0.2, 0) is 25.6 Å². The quantitative estimate of drug-likeness (QED) is 0.270. The van der Waals surface area contributed by atoms with E-state index in [-0.39, 0.29) is 52.8 Å². The molecule has 260 valence electrons. The number of carbonyl (C=O) groups excluding carboxylic acids is 4. The van der Waals surface area contributed by atoms with Gasteiger partial charge in [0.1, 0.15) is 17.3 Å². The molecule has 0 spiro atoms. The Kier molecular flexibility index (Phi) is 17.0. The van der Waals surface area contributed by atoms with E-state index in [1.807, 2.05) is 55.4 Å². The van der Waals surface area contributed by atoms with Crippen LogP contribution in [0.1, 0.15) is 86.3 Å². The second kappa shape index (κ2) is 19.5. The van der Waals surface area contributed by atoms with E-state index in [0.29, 0.717) is 84.3 Å². The molecule has 1 aromatic rings. The summed E-state index contributed by atoms with van der Waals surface area (Å²) in [6.07, 6.45) is 0.621. The zero-order chi connectivity index (χ0) is 34.6. The van der Waals surface area contributed by atoms with Crippen molar-refractivity contribution in [3.63, 3.8) is 0 Å². The maximum atomic E-state index is 13.9. The fourth-order valence-electron chi connectivity index (χ4n) is 5.60. The predicted molar refractivity (Wildman–Crippen MR) is 188 cm³/mol. The highest BCUT2D eigenvalue weighted by Gasteiger charge is 2.30. The minimum Gasteiger partial charge on any atom is -0.298 e. The van der Waals surface area contributed by atoms with Crippen molar-refractivity contribution in [2.24, 2.45) is 23.7 Å². The smallest absolute Gasteiger partial charge is 0.152 e. The summed E-state index contributed by atoms with van der Waals surface area (Å²) in [5, 5.41) is 0. The van der Waals surface area contributed by atoms with E-state index >= 15 is 0 Å². The molecule has 1 aliphatic rings. The van der Waals surface area contributed by atoms with Gasteiger partial charge in [-0.1, -0.05) is 93.5 Å². The van der Waals surface area contributed by atoms with Crippen molar-refractivity contribution in [2.45, 2.75) is 87.6 Å². The van der Waals surface area contributed by atoms with Gasteiger partial charge in [0, 0.05) is 76.0 Å².